The van der Waals surface area contributed by atoms with E-state index >= 15 is 0 Å². The Kier molecular flexibility index (Phi) is 4.40. The molecular weight excluding hydrogens is 340 g/mol. The van der Waals surface area contributed by atoms with E-state index in [0.717, 1.165) is 28.1 Å². The van der Waals surface area contributed by atoms with E-state index in [1.54, 1.807) is 10.5 Å². The van der Waals surface area contributed by atoms with E-state index in [0.29, 0.717) is 18.6 Å². The fourth-order valence-corrected chi connectivity index (χ4v) is 3.25. The van der Waals surface area contributed by atoms with Crippen LogP contribution in [0.3, 0.4) is 0 Å². The van der Waals surface area contributed by atoms with Crippen LogP contribution in [-0.4, -0.2) is 20.9 Å². The van der Waals surface area contributed by atoms with Crippen LogP contribution in [0.2, 0.25) is 0 Å². The summed E-state index contributed by atoms with van der Waals surface area (Å²) in [5, 5.41) is 11.1. The third-order valence-corrected chi connectivity index (χ3v) is 4.56. The average Bonchev–Trinajstić information content (AvgIpc) is 3.07. The molecule has 0 radical (unpaired) electrons. The quantitative estimate of drug-likeness (QED) is 0.430. The second-order valence-electron chi connectivity index (χ2n) is 6.26. The summed E-state index contributed by atoms with van der Waals surface area (Å²) in [4.78, 5) is 15.4. The maximum Gasteiger partial charge on any atom is 0.286 e. The molecule has 4 aromatic rings. The van der Waals surface area contributed by atoms with Gasteiger partial charge in [-0.3, -0.25) is 14.5 Å². The minimum Gasteiger partial charge on any atom is -0.330 e. The number of nitro groups is 1. The molecule has 0 amide bonds. The summed E-state index contributed by atoms with van der Waals surface area (Å²) in [6.07, 6.45) is 2.09. The number of benzene rings is 2. The molecule has 2 aromatic carbocycles. The van der Waals surface area contributed by atoms with Crippen molar-refractivity contribution in [1.82, 2.24) is 9.38 Å². The van der Waals surface area contributed by atoms with Gasteiger partial charge >= 0.3 is 0 Å². The maximum absolute atomic E-state index is 11.1. The van der Waals surface area contributed by atoms with Crippen LogP contribution >= 0.6 is 0 Å². The lowest BCUT2D eigenvalue weighted by Gasteiger charge is -2.06. The third kappa shape index (κ3) is 3.18. The number of aromatic nitrogens is 2. The van der Waals surface area contributed by atoms with Gasteiger partial charge in [-0.25, -0.2) is 4.98 Å². The van der Waals surface area contributed by atoms with Crippen molar-refractivity contribution in [2.45, 2.75) is 6.42 Å². The van der Waals surface area contributed by atoms with Crippen LogP contribution < -0.4 is 5.73 Å². The molecule has 0 saturated carbocycles. The fraction of sp³-hybridized carbons (Fsp3) is 0.0952. The molecule has 0 unspecified atom stereocenters. The molecule has 6 nitrogen and oxygen atoms in total. The summed E-state index contributed by atoms with van der Waals surface area (Å²) in [6, 6.07) is 21.5. The van der Waals surface area contributed by atoms with Crippen LogP contribution in [0.4, 0.5) is 5.69 Å². The fourth-order valence-electron chi connectivity index (χ4n) is 3.25. The second kappa shape index (κ2) is 7.01. The molecule has 4 rings (SSSR count). The number of nitrogens with zero attached hydrogens (tertiary/aromatic N) is 3. The number of pyridine rings is 1. The van der Waals surface area contributed by atoms with Crippen LogP contribution in [0.15, 0.2) is 72.9 Å². The van der Waals surface area contributed by atoms with Crippen LogP contribution in [-0.2, 0) is 6.42 Å². The molecule has 0 aliphatic heterocycles. The van der Waals surface area contributed by atoms with Crippen molar-refractivity contribution in [3.8, 4) is 22.4 Å². The van der Waals surface area contributed by atoms with Crippen molar-refractivity contribution < 1.29 is 4.92 Å². The highest BCUT2D eigenvalue weighted by atomic mass is 16.6. The van der Waals surface area contributed by atoms with E-state index in [9.17, 15) is 10.1 Å². The highest BCUT2D eigenvalue weighted by molar-refractivity contribution is 5.72. The molecule has 0 bridgehead atoms. The molecular formula is C21H18N4O2. The van der Waals surface area contributed by atoms with Gasteiger partial charge in [0.1, 0.15) is 5.65 Å². The van der Waals surface area contributed by atoms with E-state index in [-0.39, 0.29) is 5.69 Å². The van der Waals surface area contributed by atoms with E-state index in [2.05, 4.69) is 29.2 Å². The van der Waals surface area contributed by atoms with Gasteiger partial charge in [-0.15, -0.1) is 0 Å². The number of rotatable bonds is 5. The standard InChI is InChI=1S/C21H18N4O2/c22-13-12-19-21(23-20-11-10-18(25(26)27)14-24(19)20)17-8-6-16(7-9-17)15-4-2-1-3-5-15/h1-11,14H,12-13,22H2. The minimum atomic E-state index is -0.403. The van der Waals surface area contributed by atoms with Crippen molar-refractivity contribution >= 4 is 11.3 Å². The van der Waals surface area contributed by atoms with Crippen molar-refractivity contribution in [2.24, 2.45) is 5.73 Å². The maximum atomic E-state index is 11.1. The SMILES string of the molecule is NCCc1c(-c2ccc(-c3ccccc3)cc2)nc2ccc([N+](=O)[O-])cn12. The molecule has 0 aliphatic carbocycles. The lowest BCUT2D eigenvalue weighted by molar-refractivity contribution is -0.385. The summed E-state index contributed by atoms with van der Waals surface area (Å²) in [7, 11) is 0. The molecule has 0 atom stereocenters. The highest BCUT2D eigenvalue weighted by Crippen LogP contribution is 2.28. The Morgan fingerprint density at radius 3 is 2.26 bits per heavy atom. The first-order valence-electron chi connectivity index (χ1n) is 8.68. The van der Waals surface area contributed by atoms with Crippen molar-refractivity contribution in [3.63, 3.8) is 0 Å². The summed E-state index contributed by atoms with van der Waals surface area (Å²) in [6.45, 7) is 0.436. The van der Waals surface area contributed by atoms with Crippen LogP contribution in [0.1, 0.15) is 5.69 Å². The molecule has 134 valence electrons. The van der Waals surface area contributed by atoms with E-state index in [1.807, 2.05) is 30.3 Å². The molecule has 2 heterocycles. The first kappa shape index (κ1) is 16.9. The molecule has 27 heavy (non-hydrogen) atoms. The monoisotopic (exact) mass is 358 g/mol. The van der Waals surface area contributed by atoms with Crippen molar-refractivity contribution in [3.05, 3.63) is 88.7 Å². The predicted molar refractivity (Wildman–Crippen MR) is 105 cm³/mol. The number of imidazole rings is 1. The Hall–Kier alpha value is -3.51. The van der Waals surface area contributed by atoms with Crippen molar-refractivity contribution in [1.29, 1.82) is 0 Å². The first-order chi connectivity index (χ1) is 13.2. The van der Waals surface area contributed by atoms with Gasteiger partial charge in [0.05, 0.1) is 22.5 Å². The van der Waals surface area contributed by atoms with Gasteiger partial charge in [0.15, 0.2) is 0 Å². The average molecular weight is 358 g/mol. The van der Waals surface area contributed by atoms with Gasteiger partial charge in [-0.1, -0.05) is 54.6 Å². The molecule has 0 saturated heterocycles. The Labute approximate surface area is 156 Å². The lowest BCUT2D eigenvalue weighted by Crippen LogP contribution is -2.06. The van der Waals surface area contributed by atoms with Gasteiger partial charge in [0.2, 0.25) is 0 Å². The van der Waals surface area contributed by atoms with Gasteiger partial charge in [-0.05, 0) is 23.7 Å². The van der Waals surface area contributed by atoms with E-state index in [4.69, 9.17) is 5.73 Å². The summed E-state index contributed by atoms with van der Waals surface area (Å²) in [5.41, 5.74) is 11.4. The number of hydrogen-bond donors (Lipinski definition) is 1. The zero-order valence-electron chi connectivity index (χ0n) is 14.6. The molecule has 2 N–H and O–H groups in total. The molecule has 0 spiro atoms. The second-order valence-corrected chi connectivity index (χ2v) is 6.26. The third-order valence-electron chi connectivity index (χ3n) is 4.56. The normalized spacial score (nSPS) is 11.0. The number of fused-ring (bicyclic) bond motifs is 1. The van der Waals surface area contributed by atoms with Crippen LogP contribution in [0.5, 0.6) is 0 Å². The zero-order chi connectivity index (χ0) is 18.8. The zero-order valence-corrected chi connectivity index (χ0v) is 14.6. The van der Waals surface area contributed by atoms with Gasteiger partial charge < -0.3 is 5.73 Å². The highest BCUT2D eigenvalue weighted by Gasteiger charge is 2.16. The summed E-state index contributed by atoms with van der Waals surface area (Å²) >= 11 is 0. The van der Waals surface area contributed by atoms with Gasteiger partial charge in [0, 0.05) is 18.1 Å². The summed E-state index contributed by atoms with van der Waals surface area (Å²) in [5.74, 6) is 0. The number of hydrogen-bond acceptors (Lipinski definition) is 4. The van der Waals surface area contributed by atoms with E-state index in [1.165, 1.54) is 12.3 Å². The summed E-state index contributed by atoms with van der Waals surface area (Å²) < 4.78 is 1.77. The van der Waals surface area contributed by atoms with Gasteiger partial charge in [-0.2, -0.15) is 0 Å². The van der Waals surface area contributed by atoms with E-state index < -0.39 is 4.92 Å². The molecule has 2 aromatic heterocycles. The Balaban J connectivity index is 1.80. The Morgan fingerprint density at radius 2 is 1.59 bits per heavy atom. The van der Waals surface area contributed by atoms with Crippen LogP contribution in [0.25, 0.3) is 28.0 Å². The Morgan fingerprint density at radius 1 is 0.926 bits per heavy atom. The van der Waals surface area contributed by atoms with Crippen LogP contribution in [0, 0.1) is 10.1 Å². The molecule has 0 fully saturated rings. The van der Waals surface area contributed by atoms with Crippen molar-refractivity contribution in [2.75, 3.05) is 6.54 Å². The Bertz CT molecular complexity index is 1100. The topological polar surface area (TPSA) is 86.5 Å². The minimum absolute atomic E-state index is 0.0316. The molecule has 0 aliphatic rings. The lowest BCUT2D eigenvalue weighted by atomic mass is 10.0. The molecule has 6 heteroatoms. The first-order valence-corrected chi connectivity index (χ1v) is 8.68. The predicted octanol–water partition coefficient (Wildman–Crippen LogP) is 4.08. The smallest absolute Gasteiger partial charge is 0.286 e. The number of nitrogens with two attached hydrogens (primary N) is 1. The largest absolute Gasteiger partial charge is 0.330 e. The van der Waals surface area contributed by atoms with Gasteiger partial charge in [0.25, 0.3) is 5.69 Å².